The molecule has 23 heavy (non-hydrogen) atoms. The van der Waals surface area contributed by atoms with E-state index in [2.05, 4.69) is 15.3 Å². The van der Waals surface area contributed by atoms with E-state index in [1.807, 2.05) is 0 Å². The molecule has 1 atom stereocenters. The van der Waals surface area contributed by atoms with Crippen molar-refractivity contribution in [3.8, 4) is 0 Å². The monoisotopic (exact) mass is 318 g/mol. The van der Waals surface area contributed by atoms with Gasteiger partial charge in [0.2, 0.25) is 5.67 Å². The summed E-state index contributed by atoms with van der Waals surface area (Å²) in [6.07, 6.45) is 0.171. The molecule has 0 aliphatic carbocycles. The van der Waals surface area contributed by atoms with Gasteiger partial charge in [0.05, 0.1) is 17.4 Å². The Morgan fingerprint density at radius 3 is 2.91 bits per heavy atom. The Labute approximate surface area is 132 Å². The highest BCUT2D eigenvalue weighted by atomic mass is 19.1. The van der Waals surface area contributed by atoms with Gasteiger partial charge in [0.25, 0.3) is 11.5 Å². The highest BCUT2D eigenvalue weighted by Crippen LogP contribution is 2.23. The quantitative estimate of drug-likeness (QED) is 0.881. The lowest BCUT2D eigenvalue weighted by Crippen LogP contribution is -2.47. The van der Waals surface area contributed by atoms with Gasteiger partial charge in [0.1, 0.15) is 5.82 Å². The lowest BCUT2D eigenvalue weighted by Gasteiger charge is -2.27. The molecular formula is C16H19FN4O2. The van der Waals surface area contributed by atoms with Crippen molar-refractivity contribution in [2.75, 3.05) is 19.6 Å². The number of hydrogen-bond donors (Lipinski definition) is 2. The van der Waals surface area contributed by atoms with Crippen LogP contribution in [0.25, 0.3) is 10.9 Å². The summed E-state index contributed by atoms with van der Waals surface area (Å²) < 4.78 is 14.6. The van der Waals surface area contributed by atoms with Crippen LogP contribution < -0.4 is 10.9 Å². The average molecular weight is 318 g/mol. The fourth-order valence-corrected chi connectivity index (χ4v) is 2.85. The first-order valence-corrected chi connectivity index (χ1v) is 7.70. The summed E-state index contributed by atoms with van der Waals surface area (Å²) in [4.78, 5) is 32.9. The van der Waals surface area contributed by atoms with Crippen molar-refractivity contribution in [1.29, 1.82) is 0 Å². The van der Waals surface area contributed by atoms with Crippen molar-refractivity contribution in [1.82, 2.24) is 20.2 Å². The van der Waals surface area contributed by atoms with Crippen LogP contribution in [0.1, 0.15) is 19.2 Å². The van der Waals surface area contributed by atoms with Gasteiger partial charge in [-0.15, -0.1) is 0 Å². The van der Waals surface area contributed by atoms with Crippen molar-refractivity contribution in [3.05, 3.63) is 40.4 Å². The van der Waals surface area contributed by atoms with E-state index in [4.69, 9.17) is 0 Å². The van der Waals surface area contributed by atoms with Crippen LogP contribution in [0.4, 0.5) is 4.39 Å². The van der Waals surface area contributed by atoms with Crippen LogP contribution in [0.3, 0.4) is 0 Å². The van der Waals surface area contributed by atoms with Crippen molar-refractivity contribution in [3.63, 3.8) is 0 Å². The summed E-state index contributed by atoms with van der Waals surface area (Å²) in [6, 6.07) is 6.99. The molecule has 1 fully saturated rings. The number of aromatic amines is 1. The summed E-state index contributed by atoms with van der Waals surface area (Å²) >= 11 is 0. The molecule has 1 aromatic heterocycles. The number of alkyl halides is 1. The predicted octanol–water partition coefficient (Wildman–Crippen LogP) is 0.973. The maximum absolute atomic E-state index is 14.6. The predicted molar refractivity (Wildman–Crippen MR) is 84.8 cm³/mol. The smallest absolute Gasteiger partial charge is 0.262 e. The lowest BCUT2D eigenvalue weighted by molar-refractivity contribution is -0.143. The molecule has 122 valence electrons. The van der Waals surface area contributed by atoms with E-state index in [0.29, 0.717) is 29.8 Å². The summed E-state index contributed by atoms with van der Waals surface area (Å²) in [5.41, 5.74) is -1.56. The number of nitrogens with zero attached hydrogens (tertiary/aromatic N) is 2. The Balaban J connectivity index is 1.87. The zero-order valence-corrected chi connectivity index (χ0v) is 12.9. The Morgan fingerprint density at radius 2 is 2.22 bits per heavy atom. The minimum Gasteiger partial charge on any atom is -0.333 e. The van der Waals surface area contributed by atoms with E-state index < -0.39 is 11.6 Å². The van der Waals surface area contributed by atoms with E-state index in [1.165, 1.54) is 4.90 Å². The number of hydrogen-bond acceptors (Lipinski definition) is 4. The summed E-state index contributed by atoms with van der Waals surface area (Å²) in [7, 11) is 0. The first-order valence-electron chi connectivity index (χ1n) is 7.70. The number of aromatic nitrogens is 2. The van der Waals surface area contributed by atoms with Crippen LogP contribution in [0.5, 0.6) is 0 Å². The summed E-state index contributed by atoms with van der Waals surface area (Å²) in [5.74, 6) is -0.195. The fraction of sp³-hybridized carbons (Fsp3) is 0.438. The third-order valence-corrected chi connectivity index (χ3v) is 4.16. The van der Waals surface area contributed by atoms with Gasteiger partial charge >= 0.3 is 0 Å². The Kier molecular flexibility index (Phi) is 4.12. The number of rotatable bonds is 4. The third kappa shape index (κ3) is 2.96. The van der Waals surface area contributed by atoms with Crippen molar-refractivity contribution >= 4 is 16.8 Å². The molecule has 0 bridgehead atoms. The number of para-hydroxylation sites is 1. The molecule has 0 spiro atoms. The van der Waals surface area contributed by atoms with Gasteiger partial charge in [-0.3, -0.25) is 9.59 Å². The zero-order valence-electron chi connectivity index (χ0n) is 12.9. The van der Waals surface area contributed by atoms with Crippen LogP contribution >= 0.6 is 0 Å². The SMILES string of the molecule is CCN(Cc1nc2ccccc2c(=O)[nH]1)C(=O)[C@@]1(F)CCNC1. The van der Waals surface area contributed by atoms with E-state index in [9.17, 15) is 14.0 Å². The number of amides is 1. The molecule has 2 aromatic rings. The van der Waals surface area contributed by atoms with E-state index in [1.54, 1.807) is 31.2 Å². The maximum atomic E-state index is 14.6. The number of nitrogens with one attached hydrogen (secondary N) is 2. The van der Waals surface area contributed by atoms with Crippen molar-refractivity contribution < 1.29 is 9.18 Å². The minimum absolute atomic E-state index is 0.0317. The molecular weight excluding hydrogens is 299 g/mol. The Bertz CT molecular complexity index is 783. The van der Waals surface area contributed by atoms with Gasteiger partial charge in [-0.05, 0) is 25.6 Å². The molecule has 7 heteroatoms. The molecule has 2 heterocycles. The van der Waals surface area contributed by atoms with E-state index in [-0.39, 0.29) is 25.1 Å². The number of benzene rings is 1. The molecule has 1 aliphatic heterocycles. The van der Waals surface area contributed by atoms with Gasteiger partial charge < -0.3 is 15.2 Å². The Morgan fingerprint density at radius 1 is 1.43 bits per heavy atom. The second-order valence-electron chi connectivity index (χ2n) is 5.74. The first kappa shape index (κ1) is 15.6. The molecule has 0 saturated carbocycles. The third-order valence-electron chi connectivity index (χ3n) is 4.16. The summed E-state index contributed by atoms with van der Waals surface area (Å²) in [5, 5.41) is 3.37. The van der Waals surface area contributed by atoms with E-state index in [0.717, 1.165) is 0 Å². The number of halogens is 1. The van der Waals surface area contributed by atoms with Crippen LogP contribution in [0, 0.1) is 0 Å². The highest BCUT2D eigenvalue weighted by Gasteiger charge is 2.43. The van der Waals surface area contributed by atoms with Crippen LogP contribution in [-0.4, -0.2) is 46.1 Å². The van der Waals surface area contributed by atoms with Gasteiger partial charge in [-0.2, -0.15) is 0 Å². The van der Waals surface area contributed by atoms with E-state index >= 15 is 0 Å². The second-order valence-corrected chi connectivity index (χ2v) is 5.74. The second kappa shape index (κ2) is 6.08. The highest BCUT2D eigenvalue weighted by molar-refractivity contribution is 5.86. The molecule has 6 nitrogen and oxygen atoms in total. The first-order chi connectivity index (χ1) is 11.0. The maximum Gasteiger partial charge on any atom is 0.262 e. The number of carbonyl (C=O) groups is 1. The van der Waals surface area contributed by atoms with Gasteiger partial charge in [-0.25, -0.2) is 9.37 Å². The normalized spacial score (nSPS) is 20.8. The molecule has 1 amide bonds. The molecule has 2 N–H and O–H groups in total. The number of H-pyrrole nitrogens is 1. The van der Waals surface area contributed by atoms with Gasteiger partial charge in [-0.1, -0.05) is 12.1 Å². The summed E-state index contributed by atoms with van der Waals surface area (Å²) in [6.45, 7) is 2.74. The largest absolute Gasteiger partial charge is 0.333 e. The van der Waals surface area contributed by atoms with Gasteiger partial charge in [0, 0.05) is 19.5 Å². The molecule has 1 saturated heterocycles. The van der Waals surface area contributed by atoms with Crippen LogP contribution in [0.2, 0.25) is 0 Å². The number of fused-ring (bicyclic) bond motifs is 1. The fourth-order valence-electron chi connectivity index (χ4n) is 2.85. The average Bonchev–Trinajstić information content (AvgIpc) is 3.00. The molecule has 0 radical (unpaired) electrons. The molecule has 0 unspecified atom stereocenters. The minimum atomic E-state index is -1.87. The zero-order chi connectivity index (χ0) is 16.4. The standard InChI is InChI=1S/C16H19FN4O2/c1-2-21(15(23)16(17)7-8-18-10-16)9-13-19-12-6-4-3-5-11(12)14(22)20-13/h3-6,18H,2,7-10H2,1H3,(H,19,20,22)/t16-/m1/s1. The van der Waals surface area contributed by atoms with Crippen LogP contribution in [0.15, 0.2) is 29.1 Å². The van der Waals surface area contributed by atoms with Crippen LogP contribution in [-0.2, 0) is 11.3 Å². The molecule has 1 aromatic carbocycles. The molecule has 3 rings (SSSR count). The lowest BCUT2D eigenvalue weighted by atomic mass is 10.0. The Hall–Kier alpha value is -2.28. The van der Waals surface area contributed by atoms with Crippen molar-refractivity contribution in [2.24, 2.45) is 0 Å². The van der Waals surface area contributed by atoms with Gasteiger partial charge in [0.15, 0.2) is 0 Å². The molecule has 1 aliphatic rings. The number of carbonyl (C=O) groups excluding carboxylic acids is 1. The van der Waals surface area contributed by atoms with Crippen molar-refractivity contribution in [2.45, 2.75) is 25.6 Å². The topological polar surface area (TPSA) is 78.1 Å².